The highest BCUT2D eigenvalue weighted by Crippen LogP contribution is 1.98. The summed E-state index contributed by atoms with van der Waals surface area (Å²) in [6.45, 7) is 7.24. The van der Waals surface area contributed by atoms with Crippen LogP contribution in [0.15, 0.2) is 0 Å². The molecule has 0 aromatic carbocycles. The Morgan fingerprint density at radius 1 is 1.50 bits per heavy atom. The fourth-order valence-electron chi connectivity index (χ4n) is 1.35. The third-order valence-electron chi connectivity index (χ3n) is 2.35. The van der Waals surface area contributed by atoms with E-state index in [4.69, 9.17) is 10.5 Å². The van der Waals surface area contributed by atoms with Gasteiger partial charge in [-0.05, 0) is 26.8 Å². The van der Waals surface area contributed by atoms with Gasteiger partial charge in [0.15, 0.2) is 0 Å². The van der Waals surface area contributed by atoms with Crippen LogP contribution in [0.5, 0.6) is 0 Å². The van der Waals surface area contributed by atoms with E-state index in [1.54, 1.807) is 7.11 Å². The molecule has 0 rings (SSSR count). The van der Waals surface area contributed by atoms with E-state index >= 15 is 0 Å². The van der Waals surface area contributed by atoms with Gasteiger partial charge in [-0.3, -0.25) is 9.69 Å². The number of nitrogens with zero attached hydrogens (tertiary/aromatic N) is 1. The van der Waals surface area contributed by atoms with Crippen LogP contribution in [0.1, 0.15) is 20.3 Å². The summed E-state index contributed by atoms with van der Waals surface area (Å²) in [6, 6.07) is 0.361. The standard InChI is InChI=1S/C11H25N3O2/c1-10(2)14(7-4-5-12)9-11(15)13-6-8-16-3/h10H,4-9,12H2,1-3H3,(H,13,15). The fraction of sp³-hybridized carbons (Fsp3) is 0.909. The van der Waals surface area contributed by atoms with E-state index in [9.17, 15) is 4.79 Å². The Bertz CT molecular complexity index is 186. The first-order chi connectivity index (χ1) is 7.61. The summed E-state index contributed by atoms with van der Waals surface area (Å²) in [5, 5.41) is 2.81. The second-order valence-corrected chi connectivity index (χ2v) is 4.05. The summed E-state index contributed by atoms with van der Waals surface area (Å²) in [4.78, 5) is 13.7. The molecule has 0 aromatic rings. The van der Waals surface area contributed by atoms with Crippen molar-refractivity contribution in [1.29, 1.82) is 0 Å². The van der Waals surface area contributed by atoms with Crippen LogP contribution in [-0.4, -0.2) is 56.7 Å². The maximum atomic E-state index is 11.6. The third-order valence-corrected chi connectivity index (χ3v) is 2.35. The molecule has 0 heterocycles. The Kier molecular flexibility index (Phi) is 9.18. The van der Waals surface area contributed by atoms with Crippen LogP contribution in [0.2, 0.25) is 0 Å². The molecular formula is C11H25N3O2. The Hall–Kier alpha value is -0.650. The summed E-state index contributed by atoms with van der Waals surface area (Å²) in [7, 11) is 1.62. The first-order valence-corrected chi connectivity index (χ1v) is 5.81. The Morgan fingerprint density at radius 2 is 2.19 bits per heavy atom. The Morgan fingerprint density at radius 3 is 2.69 bits per heavy atom. The van der Waals surface area contributed by atoms with Crippen molar-refractivity contribution in [2.75, 3.05) is 39.9 Å². The van der Waals surface area contributed by atoms with Crippen molar-refractivity contribution in [3.05, 3.63) is 0 Å². The van der Waals surface area contributed by atoms with Crippen molar-refractivity contribution in [3.63, 3.8) is 0 Å². The van der Waals surface area contributed by atoms with Crippen molar-refractivity contribution in [3.8, 4) is 0 Å². The lowest BCUT2D eigenvalue weighted by molar-refractivity contribution is -0.122. The van der Waals surface area contributed by atoms with E-state index in [0.29, 0.717) is 32.3 Å². The quantitative estimate of drug-likeness (QED) is 0.540. The number of methoxy groups -OCH3 is 1. The average molecular weight is 231 g/mol. The number of carbonyl (C=O) groups is 1. The number of rotatable bonds is 9. The number of amides is 1. The van der Waals surface area contributed by atoms with E-state index in [0.717, 1.165) is 13.0 Å². The van der Waals surface area contributed by atoms with Gasteiger partial charge in [-0.2, -0.15) is 0 Å². The van der Waals surface area contributed by atoms with Crippen molar-refractivity contribution in [2.45, 2.75) is 26.3 Å². The highest BCUT2D eigenvalue weighted by Gasteiger charge is 2.12. The molecule has 5 heteroatoms. The molecule has 0 aliphatic rings. The SMILES string of the molecule is COCCNC(=O)CN(CCCN)C(C)C. The summed E-state index contributed by atoms with van der Waals surface area (Å²) in [6.07, 6.45) is 0.920. The van der Waals surface area contributed by atoms with Gasteiger partial charge < -0.3 is 15.8 Å². The number of hydrogen-bond acceptors (Lipinski definition) is 4. The normalized spacial score (nSPS) is 11.1. The van der Waals surface area contributed by atoms with Crippen LogP contribution in [0.4, 0.5) is 0 Å². The lowest BCUT2D eigenvalue weighted by atomic mass is 10.2. The number of nitrogens with one attached hydrogen (secondary N) is 1. The zero-order valence-corrected chi connectivity index (χ0v) is 10.7. The van der Waals surface area contributed by atoms with Crippen LogP contribution in [-0.2, 0) is 9.53 Å². The predicted molar refractivity (Wildman–Crippen MR) is 65.3 cm³/mol. The largest absolute Gasteiger partial charge is 0.383 e. The first kappa shape index (κ1) is 15.3. The zero-order chi connectivity index (χ0) is 12.4. The van der Waals surface area contributed by atoms with Crippen molar-refractivity contribution in [1.82, 2.24) is 10.2 Å². The lowest BCUT2D eigenvalue weighted by Gasteiger charge is -2.25. The molecule has 0 aliphatic heterocycles. The molecule has 0 aliphatic carbocycles. The fourth-order valence-corrected chi connectivity index (χ4v) is 1.35. The molecule has 0 saturated heterocycles. The van der Waals surface area contributed by atoms with E-state index in [1.165, 1.54) is 0 Å². The molecule has 3 N–H and O–H groups in total. The van der Waals surface area contributed by atoms with Gasteiger partial charge in [0.2, 0.25) is 5.91 Å². The number of carbonyl (C=O) groups excluding carboxylic acids is 1. The van der Waals surface area contributed by atoms with Crippen LogP contribution >= 0.6 is 0 Å². The van der Waals surface area contributed by atoms with Crippen LogP contribution in [0.25, 0.3) is 0 Å². The topological polar surface area (TPSA) is 67.6 Å². The molecule has 1 amide bonds. The maximum absolute atomic E-state index is 11.6. The molecule has 0 spiro atoms. The Labute approximate surface area is 98.3 Å². The van der Waals surface area contributed by atoms with Gasteiger partial charge in [0.25, 0.3) is 0 Å². The van der Waals surface area contributed by atoms with Gasteiger partial charge in [0.05, 0.1) is 13.2 Å². The molecule has 0 atom stereocenters. The third kappa shape index (κ3) is 7.62. The van der Waals surface area contributed by atoms with Gasteiger partial charge in [-0.15, -0.1) is 0 Å². The first-order valence-electron chi connectivity index (χ1n) is 5.81. The minimum atomic E-state index is 0.0442. The molecule has 16 heavy (non-hydrogen) atoms. The van der Waals surface area contributed by atoms with E-state index in [1.807, 2.05) is 0 Å². The van der Waals surface area contributed by atoms with Crippen LogP contribution < -0.4 is 11.1 Å². The lowest BCUT2D eigenvalue weighted by Crippen LogP contribution is -2.42. The molecule has 0 fully saturated rings. The highest BCUT2D eigenvalue weighted by atomic mass is 16.5. The van der Waals surface area contributed by atoms with Gasteiger partial charge in [0.1, 0.15) is 0 Å². The number of nitrogens with two attached hydrogens (primary N) is 1. The summed E-state index contributed by atoms with van der Waals surface area (Å²) in [5.41, 5.74) is 5.46. The molecule has 0 aromatic heterocycles. The van der Waals surface area contributed by atoms with Crippen LogP contribution in [0.3, 0.4) is 0 Å². The number of ether oxygens (including phenoxy) is 1. The van der Waals surface area contributed by atoms with E-state index in [2.05, 4.69) is 24.1 Å². The van der Waals surface area contributed by atoms with Gasteiger partial charge in [0, 0.05) is 26.2 Å². The summed E-state index contributed by atoms with van der Waals surface area (Å²) in [5.74, 6) is 0.0442. The highest BCUT2D eigenvalue weighted by molar-refractivity contribution is 5.78. The molecule has 0 radical (unpaired) electrons. The van der Waals surface area contributed by atoms with Gasteiger partial charge in [-0.1, -0.05) is 0 Å². The molecule has 96 valence electrons. The molecular weight excluding hydrogens is 206 g/mol. The minimum absolute atomic E-state index is 0.0442. The second kappa shape index (κ2) is 9.57. The van der Waals surface area contributed by atoms with Crippen molar-refractivity contribution < 1.29 is 9.53 Å². The van der Waals surface area contributed by atoms with Crippen molar-refractivity contribution in [2.24, 2.45) is 5.73 Å². The summed E-state index contributed by atoms with van der Waals surface area (Å²) < 4.78 is 4.86. The monoisotopic (exact) mass is 231 g/mol. The average Bonchev–Trinajstić information content (AvgIpc) is 2.24. The van der Waals surface area contributed by atoms with Crippen molar-refractivity contribution >= 4 is 5.91 Å². The van der Waals surface area contributed by atoms with Gasteiger partial charge >= 0.3 is 0 Å². The molecule has 5 nitrogen and oxygen atoms in total. The zero-order valence-electron chi connectivity index (χ0n) is 10.7. The smallest absolute Gasteiger partial charge is 0.234 e. The maximum Gasteiger partial charge on any atom is 0.234 e. The molecule has 0 unspecified atom stereocenters. The van der Waals surface area contributed by atoms with Gasteiger partial charge in [-0.25, -0.2) is 0 Å². The van der Waals surface area contributed by atoms with Crippen LogP contribution in [0, 0.1) is 0 Å². The molecule has 0 saturated carbocycles. The van der Waals surface area contributed by atoms with E-state index < -0.39 is 0 Å². The minimum Gasteiger partial charge on any atom is -0.383 e. The Balaban J connectivity index is 3.83. The second-order valence-electron chi connectivity index (χ2n) is 4.05. The number of hydrogen-bond donors (Lipinski definition) is 2. The summed E-state index contributed by atoms with van der Waals surface area (Å²) >= 11 is 0. The molecule has 0 bridgehead atoms. The predicted octanol–water partition coefficient (Wildman–Crippen LogP) is -0.192. The van der Waals surface area contributed by atoms with E-state index in [-0.39, 0.29) is 5.91 Å².